The quantitative estimate of drug-likeness (QED) is 0.461. The zero-order chi connectivity index (χ0) is 15.2. The topological polar surface area (TPSA) is 86.8 Å². The lowest BCUT2D eigenvalue weighted by atomic mass is 10.1. The summed E-state index contributed by atoms with van der Waals surface area (Å²) in [6, 6.07) is 7.76. The Kier molecular flexibility index (Phi) is 4.95. The Morgan fingerprint density at radius 1 is 1.43 bits per heavy atom. The zero-order valence-electron chi connectivity index (χ0n) is 11.1. The fraction of sp³-hybridized carbons (Fsp3) is 0.133. The number of rotatable bonds is 3. The molecular weight excluding hydrogens is 288 g/mol. The van der Waals surface area contributed by atoms with E-state index in [1.54, 1.807) is 24.3 Å². The summed E-state index contributed by atoms with van der Waals surface area (Å²) in [6.07, 6.45) is -0.939. The van der Waals surface area contributed by atoms with Crippen molar-refractivity contribution in [3.8, 4) is 11.8 Å². The summed E-state index contributed by atoms with van der Waals surface area (Å²) < 4.78 is 0. The average Bonchev–Trinajstić information content (AvgIpc) is 2.98. The Morgan fingerprint density at radius 3 is 2.90 bits per heavy atom. The summed E-state index contributed by atoms with van der Waals surface area (Å²) in [7, 11) is 0. The van der Waals surface area contributed by atoms with E-state index in [2.05, 4.69) is 11.8 Å². The Morgan fingerprint density at radius 2 is 2.24 bits per heavy atom. The first kappa shape index (κ1) is 15.1. The number of hydrogen-bond acceptors (Lipinski definition) is 4. The monoisotopic (exact) mass is 302 g/mol. The second kappa shape index (κ2) is 6.90. The molecule has 21 heavy (non-hydrogen) atoms. The third-order valence-electron chi connectivity index (χ3n) is 2.73. The van der Waals surface area contributed by atoms with E-state index in [9.17, 15) is 15.1 Å². The van der Waals surface area contributed by atoms with Gasteiger partial charge in [-0.3, -0.25) is 5.21 Å². The maximum Gasteiger partial charge on any atom is 0.338 e. The third-order valence-corrected chi connectivity index (χ3v) is 3.41. The Hall–Kier alpha value is -2.33. The maximum absolute atomic E-state index is 10.8. The number of aliphatic hydroxyl groups excluding tert-OH is 1. The molecule has 0 saturated heterocycles. The van der Waals surface area contributed by atoms with Crippen LogP contribution in [0.4, 0.5) is 4.79 Å². The number of benzene rings is 1. The minimum Gasteiger partial charge on any atom is -0.376 e. The predicted octanol–water partition coefficient (Wildman–Crippen LogP) is 2.10. The lowest BCUT2D eigenvalue weighted by Crippen LogP contribution is -2.32. The van der Waals surface area contributed by atoms with Crippen molar-refractivity contribution in [2.45, 2.75) is 12.6 Å². The van der Waals surface area contributed by atoms with Crippen molar-refractivity contribution in [3.05, 3.63) is 57.8 Å². The van der Waals surface area contributed by atoms with Crippen LogP contribution in [0.1, 0.15) is 22.8 Å². The summed E-state index contributed by atoms with van der Waals surface area (Å²) in [5.41, 5.74) is 7.04. The van der Waals surface area contributed by atoms with Crippen LogP contribution in [0, 0.1) is 11.8 Å². The molecule has 1 unspecified atom stereocenters. The van der Waals surface area contributed by atoms with Crippen LogP contribution in [0.5, 0.6) is 0 Å². The molecule has 0 fully saturated rings. The second-order valence-corrected chi connectivity index (χ2v) is 5.10. The molecular formula is C15H14N2O3S. The molecule has 2 amide bonds. The van der Waals surface area contributed by atoms with Crippen LogP contribution in [-0.2, 0) is 6.54 Å². The van der Waals surface area contributed by atoms with Crippen molar-refractivity contribution in [1.29, 1.82) is 0 Å². The fourth-order valence-electron chi connectivity index (χ4n) is 1.68. The first-order valence-electron chi connectivity index (χ1n) is 6.13. The molecule has 0 radical (unpaired) electrons. The highest BCUT2D eigenvalue weighted by Gasteiger charge is 2.09. The molecule has 6 heteroatoms. The van der Waals surface area contributed by atoms with Gasteiger partial charge in [0.15, 0.2) is 0 Å². The van der Waals surface area contributed by atoms with Crippen molar-refractivity contribution >= 4 is 17.4 Å². The highest BCUT2D eigenvalue weighted by molar-refractivity contribution is 7.08. The van der Waals surface area contributed by atoms with Gasteiger partial charge in [-0.1, -0.05) is 36.1 Å². The van der Waals surface area contributed by atoms with Crippen LogP contribution in [0.2, 0.25) is 0 Å². The van der Waals surface area contributed by atoms with Gasteiger partial charge in [-0.2, -0.15) is 11.3 Å². The normalized spacial score (nSPS) is 11.3. The van der Waals surface area contributed by atoms with E-state index in [0.29, 0.717) is 16.2 Å². The van der Waals surface area contributed by atoms with Crippen LogP contribution >= 0.6 is 11.3 Å². The van der Waals surface area contributed by atoms with Crippen LogP contribution < -0.4 is 5.73 Å². The van der Waals surface area contributed by atoms with Crippen LogP contribution in [-0.4, -0.2) is 21.4 Å². The Bertz CT molecular complexity index is 674. The molecule has 4 N–H and O–H groups in total. The number of hydroxylamine groups is 2. The maximum atomic E-state index is 10.8. The largest absolute Gasteiger partial charge is 0.376 e. The van der Waals surface area contributed by atoms with Gasteiger partial charge < -0.3 is 10.8 Å². The van der Waals surface area contributed by atoms with Crippen LogP contribution in [0.25, 0.3) is 0 Å². The number of nitrogens with zero attached hydrogens (tertiary/aromatic N) is 1. The van der Waals surface area contributed by atoms with E-state index in [1.165, 1.54) is 11.3 Å². The van der Waals surface area contributed by atoms with Crippen LogP contribution in [0.3, 0.4) is 0 Å². The molecule has 0 aliphatic carbocycles. The van der Waals surface area contributed by atoms with Crippen LogP contribution in [0.15, 0.2) is 41.1 Å². The average molecular weight is 302 g/mol. The summed E-state index contributed by atoms with van der Waals surface area (Å²) in [4.78, 5) is 10.8. The number of amides is 2. The number of nitrogens with two attached hydrogens (primary N) is 1. The minimum atomic E-state index is -0.939. The fourth-order valence-corrected chi connectivity index (χ4v) is 2.27. The molecule has 108 valence electrons. The lowest BCUT2D eigenvalue weighted by molar-refractivity contribution is -0.0470. The number of aliphatic hydroxyl groups is 1. The Balaban J connectivity index is 2.11. The number of thiophene rings is 1. The van der Waals surface area contributed by atoms with Gasteiger partial charge in [0.2, 0.25) is 0 Å². The molecule has 1 atom stereocenters. The molecule has 0 spiro atoms. The molecule has 1 aromatic heterocycles. The van der Waals surface area contributed by atoms with E-state index in [4.69, 9.17) is 5.73 Å². The number of carbonyl (C=O) groups is 1. The van der Waals surface area contributed by atoms with Gasteiger partial charge in [0, 0.05) is 10.9 Å². The number of primary amides is 1. The lowest BCUT2D eigenvalue weighted by Gasteiger charge is -2.13. The smallest absolute Gasteiger partial charge is 0.338 e. The first-order valence-corrected chi connectivity index (χ1v) is 7.07. The second-order valence-electron chi connectivity index (χ2n) is 4.32. The van der Waals surface area contributed by atoms with E-state index in [-0.39, 0.29) is 6.54 Å². The van der Waals surface area contributed by atoms with Crippen molar-refractivity contribution in [2.24, 2.45) is 5.73 Å². The van der Waals surface area contributed by atoms with Gasteiger partial charge in [-0.15, -0.1) is 0 Å². The van der Waals surface area contributed by atoms with E-state index < -0.39 is 12.1 Å². The van der Waals surface area contributed by atoms with E-state index >= 15 is 0 Å². The third kappa shape index (κ3) is 4.33. The predicted molar refractivity (Wildman–Crippen MR) is 79.5 cm³/mol. The van der Waals surface area contributed by atoms with Gasteiger partial charge in [0.05, 0.1) is 6.54 Å². The van der Waals surface area contributed by atoms with Crippen molar-refractivity contribution in [2.75, 3.05) is 0 Å². The highest BCUT2D eigenvalue weighted by Crippen LogP contribution is 2.15. The standard InChI is InChI=1S/C15H14N2O3S/c16-15(19)17(20)9-12-2-1-3-13(8-12)14(18)5-4-11-6-7-21-10-11/h1-3,6-8,10,14,18,20H,9H2,(H2,16,19). The molecule has 0 bridgehead atoms. The van der Waals surface area contributed by atoms with Gasteiger partial charge in [0.25, 0.3) is 0 Å². The first-order chi connectivity index (χ1) is 10.1. The van der Waals surface area contributed by atoms with Crippen molar-refractivity contribution < 1.29 is 15.1 Å². The number of carbonyl (C=O) groups excluding carboxylic acids is 1. The molecule has 1 heterocycles. The number of hydrogen-bond donors (Lipinski definition) is 3. The molecule has 0 aliphatic heterocycles. The summed E-state index contributed by atoms with van der Waals surface area (Å²) in [5.74, 6) is 5.63. The van der Waals surface area contributed by atoms with Gasteiger partial charge in [0.1, 0.15) is 6.10 Å². The van der Waals surface area contributed by atoms with Gasteiger partial charge >= 0.3 is 6.03 Å². The van der Waals surface area contributed by atoms with E-state index in [0.717, 1.165) is 5.56 Å². The molecule has 2 rings (SSSR count). The summed E-state index contributed by atoms with van der Waals surface area (Å²) >= 11 is 1.54. The highest BCUT2D eigenvalue weighted by atomic mass is 32.1. The summed E-state index contributed by atoms with van der Waals surface area (Å²) in [5, 5.41) is 23.6. The van der Waals surface area contributed by atoms with Gasteiger partial charge in [-0.25, -0.2) is 9.86 Å². The molecule has 1 aromatic carbocycles. The molecule has 5 nitrogen and oxygen atoms in total. The SMILES string of the molecule is NC(=O)N(O)Cc1cccc(C(O)C#Cc2ccsc2)c1. The van der Waals surface area contributed by atoms with Crippen molar-refractivity contribution in [3.63, 3.8) is 0 Å². The number of urea groups is 1. The Labute approximate surface area is 126 Å². The van der Waals surface area contributed by atoms with Gasteiger partial charge in [-0.05, 0) is 22.6 Å². The molecule has 0 saturated carbocycles. The zero-order valence-corrected chi connectivity index (χ0v) is 11.9. The molecule has 0 aliphatic rings. The van der Waals surface area contributed by atoms with E-state index in [1.807, 2.05) is 16.8 Å². The minimum absolute atomic E-state index is 0.0478. The molecule has 2 aromatic rings. The summed E-state index contributed by atoms with van der Waals surface area (Å²) in [6.45, 7) is -0.0478. The van der Waals surface area contributed by atoms with Crippen molar-refractivity contribution in [1.82, 2.24) is 5.06 Å².